The van der Waals surface area contributed by atoms with Crippen molar-refractivity contribution in [1.29, 1.82) is 0 Å². The van der Waals surface area contributed by atoms with Gasteiger partial charge >= 0.3 is 0 Å². The summed E-state index contributed by atoms with van der Waals surface area (Å²) in [6.07, 6.45) is -0.808. The molecule has 1 rings (SSSR count). The maximum absolute atomic E-state index is 10.0. The Kier molecular flexibility index (Phi) is 3.29. The minimum atomic E-state index is -1.07. The molecule has 78 valence electrons. The van der Waals surface area contributed by atoms with E-state index in [0.717, 1.165) is 0 Å². The van der Waals surface area contributed by atoms with Gasteiger partial charge in [-0.3, -0.25) is 0 Å². The SMILES string of the molecule is CCC1(O)CC(C)OC(OC)C1O. The van der Waals surface area contributed by atoms with Crippen LogP contribution in [0.3, 0.4) is 0 Å². The Hall–Kier alpha value is -0.160. The van der Waals surface area contributed by atoms with Gasteiger partial charge in [0, 0.05) is 13.5 Å². The number of hydrogen-bond donors (Lipinski definition) is 2. The van der Waals surface area contributed by atoms with Crippen LogP contribution in [0.1, 0.15) is 26.7 Å². The second-order valence-corrected chi connectivity index (χ2v) is 3.66. The van der Waals surface area contributed by atoms with Crippen LogP contribution in [0.5, 0.6) is 0 Å². The highest BCUT2D eigenvalue weighted by Gasteiger charge is 2.45. The van der Waals surface area contributed by atoms with Crippen molar-refractivity contribution in [2.45, 2.75) is 50.8 Å². The van der Waals surface area contributed by atoms with Gasteiger partial charge in [-0.1, -0.05) is 6.92 Å². The lowest BCUT2D eigenvalue weighted by Gasteiger charge is -2.43. The molecule has 0 aliphatic carbocycles. The monoisotopic (exact) mass is 190 g/mol. The van der Waals surface area contributed by atoms with E-state index in [0.29, 0.717) is 12.8 Å². The third-order valence-corrected chi connectivity index (χ3v) is 2.66. The molecule has 1 saturated heterocycles. The molecular weight excluding hydrogens is 172 g/mol. The van der Waals surface area contributed by atoms with Crippen molar-refractivity contribution in [1.82, 2.24) is 0 Å². The molecule has 0 bridgehead atoms. The van der Waals surface area contributed by atoms with Crippen molar-refractivity contribution in [3.63, 3.8) is 0 Å². The Morgan fingerprint density at radius 3 is 2.69 bits per heavy atom. The maximum atomic E-state index is 10.0. The quantitative estimate of drug-likeness (QED) is 0.656. The summed E-state index contributed by atoms with van der Waals surface area (Å²) in [4.78, 5) is 0. The molecule has 0 spiro atoms. The van der Waals surface area contributed by atoms with Crippen LogP contribution in [0.25, 0.3) is 0 Å². The third-order valence-electron chi connectivity index (χ3n) is 2.66. The van der Waals surface area contributed by atoms with E-state index < -0.39 is 18.0 Å². The lowest BCUT2D eigenvalue weighted by Crippen LogP contribution is -2.57. The van der Waals surface area contributed by atoms with Crippen LogP contribution in [-0.4, -0.2) is 41.4 Å². The van der Waals surface area contributed by atoms with Gasteiger partial charge in [0.15, 0.2) is 6.29 Å². The Balaban J connectivity index is 2.74. The first-order valence-corrected chi connectivity index (χ1v) is 4.62. The molecule has 4 nitrogen and oxygen atoms in total. The number of rotatable bonds is 2. The van der Waals surface area contributed by atoms with E-state index in [-0.39, 0.29) is 6.10 Å². The third kappa shape index (κ3) is 2.02. The van der Waals surface area contributed by atoms with E-state index >= 15 is 0 Å². The summed E-state index contributed by atoms with van der Waals surface area (Å²) >= 11 is 0. The van der Waals surface area contributed by atoms with Gasteiger partial charge in [-0.2, -0.15) is 0 Å². The molecule has 0 aromatic rings. The standard InChI is InChI=1S/C9H18O4/c1-4-9(11)5-6(2)13-8(12-3)7(9)10/h6-8,10-11H,4-5H2,1-3H3. The lowest BCUT2D eigenvalue weighted by molar-refractivity contribution is -0.285. The zero-order valence-electron chi connectivity index (χ0n) is 8.36. The Labute approximate surface area is 78.5 Å². The van der Waals surface area contributed by atoms with Crippen LogP contribution < -0.4 is 0 Å². The fourth-order valence-electron chi connectivity index (χ4n) is 1.76. The number of aliphatic hydroxyl groups excluding tert-OH is 1. The van der Waals surface area contributed by atoms with E-state index in [2.05, 4.69) is 0 Å². The zero-order chi connectivity index (χ0) is 10.1. The molecule has 4 heteroatoms. The highest BCUT2D eigenvalue weighted by Crippen LogP contribution is 2.31. The molecule has 4 atom stereocenters. The van der Waals surface area contributed by atoms with Crippen LogP contribution >= 0.6 is 0 Å². The van der Waals surface area contributed by atoms with Gasteiger partial charge in [0.2, 0.25) is 0 Å². The molecule has 0 aromatic carbocycles. The van der Waals surface area contributed by atoms with Crippen LogP contribution in [0.15, 0.2) is 0 Å². The molecule has 13 heavy (non-hydrogen) atoms. The van der Waals surface area contributed by atoms with Crippen molar-refractivity contribution in [3.8, 4) is 0 Å². The summed E-state index contributed by atoms with van der Waals surface area (Å²) in [5.74, 6) is 0. The second kappa shape index (κ2) is 3.92. The predicted octanol–water partition coefficient (Wildman–Crippen LogP) is 0.270. The van der Waals surface area contributed by atoms with Crippen LogP contribution in [-0.2, 0) is 9.47 Å². The highest BCUT2D eigenvalue weighted by molar-refractivity contribution is 4.92. The summed E-state index contributed by atoms with van der Waals surface area (Å²) in [6, 6.07) is 0. The molecule has 0 aromatic heterocycles. The fourth-order valence-corrected chi connectivity index (χ4v) is 1.76. The summed E-state index contributed by atoms with van der Waals surface area (Å²) < 4.78 is 10.3. The van der Waals surface area contributed by atoms with Crippen molar-refractivity contribution >= 4 is 0 Å². The zero-order valence-corrected chi connectivity index (χ0v) is 8.36. The summed E-state index contributed by atoms with van der Waals surface area (Å²) in [5.41, 5.74) is -1.07. The first-order valence-electron chi connectivity index (χ1n) is 4.62. The smallest absolute Gasteiger partial charge is 0.186 e. The van der Waals surface area contributed by atoms with E-state index in [4.69, 9.17) is 9.47 Å². The molecule has 2 N–H and O–H groups in total. The highest BCUT2D eigenvalue weighted by atomic mass is 16.7. The van der Waals surface area contributed by atoms with Gasteiger partial charge in [-0.25, -0.2) is 0 Å². The van der Waals surface area contributed by atoms with Gasteiger partial charge < -0.3 is 19.7 Å². The second-order valence-electron chi connectivity index (χ2n) is 3.66. The van der Waals surface area contributed by atoms with Crippen molar-refractivity contribution in [2.24, 2.45) is 0 Å². The van der Waals surface area contributed by atoms with Crippen LogP contribution in [0.2, 0.25) is 0 Å². The Bertz CT molecular complexity index is 173. The number of methoxy groups -OCH3 is 1. The van der Waals surface area contributed by atoms with Gasteiger partial charge in [0.05, 0.1) is 11.7 Å². The van der Waals surface area contributed by atoms with E-state index in [9.17, 15) is 10.2 Å². The van der Waals surface area contributed by atoms with E-state index in [1.54, 1.807) is 0 Å². The normalized spacial score (nSPS) is 46.4. The first kappa shape index (κ1) is 10.9. The molecule has 1 heterocycles. The van der Waals surface area contributed by atoms with Crippen molar-refractivity contribution < 1.29 is 19.7 Å². The minimum absolute atomic E-state index is 0.0849. The molecule has 1 aliphatic heterocycles. The van der Waals surface area contributed by atoms with Crippen molar-refractivity contribution in [2.75, 3.05) is 7.11 Å². The minimum Gasteiger partial charge on any atom is -0.387 e. The average molecular weight is 190 g/mol. The number of aliphatic hydroxyl groups is 2. The molecule has 1 fully saturated rings. The first-order chi connectivity index (χ1) is 6.03. The summed E-state index contributed by atoms with van der Waals surface area (Å²) in [6.45, 7) is 3.70. The van der Waals surface area contributed by atoms with Gasteiger partial charge in [0.25, 0.3) is 0 Å². The topological polar surface area (TPSA) is 58.9 Å². The fraction of sp³-hybridized carbons (Fsp3) is 1.00. The molecule has 0 saturated carbocycles. The predicted molar refractivity (Wildman–Crippen MR) is 47.2 cm³/mol. The van der Waals surface area contributed by atoms with Gasteiger partial charge in [-0.05, 0) is 13.3 Å². The number of hydrogen-bond acceptors (Lipinski definition) is 4. The number of ether oxygens (including phenoxy) is 2. The molecule has 1 aliphatic rings. The van der Waals surface area contributed by atoms with Crippen LogP contribution in [0, 0.1) is 0 Å². The molecule has 0 radical (unpaired) electrons. The van der Waals surface area contributed by atoms with Gasteiger partial charge in [-0.15, -0.1) is 0 Å². The lowest BCUT2D eigenvalue weighted by atomic mass is 9.85. The largest absolute Gasteiger partial charge is 0.387 e. The molecule has 0 amide bonds. The Morgan fingerprint density at radius 1 is 1.62 bits per heavy atom. The van der Waals surface area contributed by atoms with Crippen LogP contribution in [0.4, 0.5) is 0 Å². The molecular formula is C9H18O4. The Morgan fingerprint density at radius 2 is 2.23 bits per heavy atom. The van der Waals surface area contributed by atoms with Gasteiger partial charge in [0.1, 0.15) is 6.10 Å². The maximum Gasteiger partial charge on any atom is 0.186 e. The van der Waals surface area contributed by atoms with Crippen molar-refractivity contribution in [3.05, 3.63) is 0 Å². The summed E-state index contributed by atoms with van der Waals surface area (Å²) in [5, 5.41) is 19.7. The molecule has 4 unspecified atom stereocenters. The summed E-state index contributed by atoms with van der Waals surface area (Å²) in [7, 11) is 1.46. The van der Waals surface area contributed by atoms with E-state index in [1.807, 2.05) is 13.8 Å². The van der Waals surface area contributed by atoms with E-state index in [1.165, 1.54) is 7.11 Å². The average Bonchev–Trinajstić information content (AvgIpc) is 2.11.